The van der Waals surface area contributed by atoms with E-state index in [0.29, 0.717) is 22.6 Å². The molecule has 0 aliphatic heterocycles. The van der Waals surface area contributed by atoms with Crippen LogP contribution >= 0.6 is 23.5 Å². The highest BCUT2D eigenvalue weighted by Crippen LogP contribution is 2.24. The molecule has 2 rings (SSSR count). The molecule has 140 valence electrons. The molecule has 0 saturated heterocycles. The van der Waals surface area contributed by atoms with Gasteiger partial charge in [-0.05, 0) is 36.3 Å². The third-order valence-corrected chi connectivity index (χ3v) is 5.92. The van der Waals surface area contributed by atoms with Crippen molar-refractivity contribution in [3.63, 3.8) is 0 Å². The van der Waals surface area contributed by atoms with Crippen LogP contribution in [-0.2, 0) is 10.5 Å². The van der Waals surface area contributed by atoms with Crippen LogP contribution in [0.2, 0.25) is 0 Å². The molecule has 0 fully saturated rings. The quantitative estimate of drug-likeness (QED) is 0.520. The number of aromatic nitrogens is 2. The Bertz CT molecular complexity index is 805. The van der Waals surface area contributed by atoms with E-state index >= 15 is 0 Å². The molecule has 0 aliphatic carbocycles. The largest absolute Gasteiger partial charge is 0.325 e. The number of hydrogen-bond acceptors (Lipinski definition) is 5. The van der Waals surface area contributed by atoms with Gasteiger partial charge in [-0.1, -0.05) is 44.7 Å². The number of H-pyrrole nitrogens is 1. The van der Waals surface area contributed by atoms with Gasteiger partial charge in [-0.3, -0.25) is 9.59 Å². The second-order valence-corrected chi connectivity index (χ2v) is 9.03. The zero-order valence-electron chi connectivity index (χ0n) is 15.5. The van der Waals surface area contributed by atoms with Crippen LogP contribution in [0, 0.1) is 6.92 Å². The fraction of sp³-hybridized carbons (Fsp3) is 0.421. The van der Waals surface area contributed by atoms with Gasteiger partial charge in [0.1, 0.15) is 0 Å². The van der Waals surface area contributed by atoms with Gasteiger partial charge in [0, 0.05) is 17.5 Å². The highest BCUT2D eigenvalue weighted by Gasteiger charge is 2.20. The Labute approximate surface area is 162 Å². The predicted octanol–water partition coefficient (Wildman–Crippen LogP) is 4.23. The van der Waals surface area contributed by atoms with Crippen LogP contribution in [0.15, 0.2) is 40.3 Å². The first kappa shape index (κ1) is 20.6. The van der Waals surface area contributed by atoms with E-state index in [1.807, 2.05) is 38.1 Å². The molecule has 5 nitrogen and oxygen atoms in total. The summed E-state index contributed by atoms with van der Waals surface area (Å²) in [6.07, 6.45) is 0.636. The molecular weight excluding hydrogens is 366 g/mol. The third-order valence-electron chi connectivity index (χ3n) is 3.54. The second-order valence-electron chi connectivity index (χ2n) is 6.28. The molecule has 0 aliphatic rings. The van der Waals surface area contributed by atoms with E-state index in [-0.39, 0.29) is 16.7 Å². The van der Waals surface area contributed by atoms with Gasteiger partial charge in [0.05, 0.1) is 10.9 Å². The summed E-state index contributed by atoms with van der Waals surface area (Å²) in [5.41, 5.74) is 2.42. The molecule has 0 spiro atoms. The third kappa shape index (κ3) is 6.53. The summed E-state index contributed by atoms with van der Waals surface area (Å²) in [5.74, 6) is 0.592. The minimum absolute atomic E-state index is 0.0901. The highest BCUT2D eigenvalue weighted by atomic mass is 32.2. The minimum Gasteiger partial charge on any atom is -0.325 e. The summed E-state index contributed by atoms with van der Waals surface area (Å²) in [7, 11) is 0. The molecule has 1 aromatic heterocycles. The van der Waals surface area contributed by atoms with Gasteiger partial charge in [0.2, 0.25) is 5.91 Å². The molecule has 7 heteroatoms. The summed E-state index contributed by atoms with van der Waals surface area (Å²) >= 11 is 3.03. The van der Waals surface area contributed by atoms with E-state index in [4.69, 9.17) is 0 Å². The summed E-state index contributed by atoms with van der Waals surface area (Å²) in [5, 5.41) is 3.57. The fourth-order valence-corrected chi connectivity index (χ4v) is 3.85. The van der Waals surface area contributed by atoms with Gasteiger partial charge in [-0.25, -0.2) is 4.98 Å². The highest BCUT2D eigenvalue weighted by molar-refractivity contribution is 8.00. The van der Waals surface area contributed by atoms with Crippen molar-refractivity contribution in [2.75, 3.05) is 5.32 Å². The first-order valence-electron chi connectivity index (χ1n) is 8.63. The van der Waals surface area contributed by atoms with E-state index in [1.54, 1.807) is 11.8 Å². The zero-order chi connectivity index (χ0) is 19.1. The Morgan fingerprint density at radius 3 is 2.73 bits per heavy atom. The van der Waals surface area contributed by atoms with Crippen molar-refractivity contribution in [1.29, 1.82) is 0 Å². The summed E-state index contributed by atoms with van der Waals surface area (Å²) in [6, 6.07) is 9.21. The number of aromatic amines is 1. The van der Waals surface area contributed by atoms with Crippen molar-refractivity contribution in [1.82, 2.24) is 9.97 Å². The lowest BCUT2D eigenvalue weighted by atomic mass is 10.2. The Kier molecular flexibility index (Phi) is 7.78. The molecule has 2 aromatic rings. The topological polar surface area (TPSA) is 74.8 Å². The van der Waals surface area contributed by atoms with Crippen LogP contribution in [0.5, 0.6) is 0 Å². The molecule has 1 unspecified atom stereocenters. The van der Waals surface area contributed by atoms with Crippen LogP contribution in [-0.4, -0.2) is 26.4 Å². The van der Waals surface area contributed by atoms with E-state index in [9.17, 15) is 9.59 Å². The summed E-state index contributed by atoms with van der Waals surface area (Å²) in [4.78, 5) is 31.7. The molecule has 1 aromatic carbocycles. The lowest BCUT2D eigenvalue weighted by molar-refractivity contribution is -0.115. The van der Waals surface area contributed by atoms with E-state index < -0.39 is 0 Å². The number of nitrogens with zero attached hydrogens (tertiary/aromatic N) is 1. The van der Waals surface area contributed by atoms with Crippen molar-refractivity contribution in [3.05, 3.63) is 51.9 Å². The summed E-state index contributed by atoms with van der Waals surface area (Å²) in [6.45, 7) is 8.15. The molecule has 0 bridgehead atoms. The van der Waals surface area contributed by atoms with Gasteiger partial charge in [0.25, 0.3) is 5.56 Å². The van der Waals surface area contributed by atoms with Crippen molar-refractivity contribution in [2.45, 2.75) is 55.5 Å². The average Bonchev–Trinajstić information content (AvgIpc) is 2.57. The molecule has 0 saturated carbocycles. The van der Waals surface area contributed by atoms with Gasteiger partial charge < -0.3 is 10.3 Å². The standard InChI is InChI=1S/C19H25N3O2S2/c1-5-16(18(24)20-14-8-6-7-13(4)9-14)26-19-21-15(10-17(23)22-19)11-25-12(2)3/h6-10,12,16H,5,11H2,1-4H3,(H,20,24)(H,21,22,23). The van der Waals surface area contributed by atoms with Crippen LogP contribution in [0.3, 0.4) is 0 Å². The monoisotopic (exact) mass is 391 g/mol. The smallest absolute Gasteiger partial charge is 0.251 e. The fourth-order valence-electron chi connectivity index (χ4n) is 2.27. The first-order chi connectivity index (χ1) is 12.4. The van der Waals surface area contributed by atoms with E-state index in [0.717, 1.165) is 16.9 Å². The van der Waals surface area contributed by atoms with Gasteiger partial charge in [-0.15, -0.1) is 0 Å². The SMILES string of the molecule is CCC(Sc1nc(CSC(C)C)cc(=O)[nH]1)C(=O)Nc1cccc(C)c1. The Morgan fingerprint density at radius 2 is 2.08 bits per heavy atom. The number of anilines is 1. The maximum atomic E-state index is 12.6. The molecule has 1 amide bonds. The average molecular weight is 392 g/mol. The number of hydrogen-bond donors (Lipinski definition) is 2. The maximum absolute atomic E-state index is 12.6. The lowest BCUT2D eigenvalue weighted by Gasteiger charge is -2.15. The molecule has 1 atom stereocenters. The number of carbonyl (C=O) groups excluding carboxylic acids is 1. The molecule has 2 N–H and O–H groups in total. The second kappa shape index (κ2) is 9.83. The number of nitrogens with one attached hydrogen (secondary N) is 2. The number of aryl methyl sites for hydroxylation is 1. The number of benzene rings is 1. The Hall–Kier alpha value is -1.73. The predicted molar refractivity (Wildman–Crippen MR) is 111 cm³/mol. The number of carbonyl (C=O) groups is 1. The molecule has 26 heavy (non-hydrogen) atoms. The van der Waals surface area contributed by atoms with Gasteiger partial charge >= 0.3 is 0 Å². The number of amides is 1. The summed E-state index contributed by atoms with van der Waals surface area (Å²) < 4.78 is 0. The van der Waals surface area contributed by atoms with Gasteiger partial charge in [-0.2, -0.15) is 11.8 Å². The Balaban J connectivity index is 2.08. The van der Waals surface area contributed by atoms with Crippen molar-refractivity contribution < 1.29 is 4.79 Å². The number of rotatable bonds is 8. The first-order valence-corrected chi connectivity index (χ1v) is 10.6. The molecular formula is C19H25N3O2S2. The minimum atomic E-state index is -0.327. The van der Waals surface area contributed by atoms with Crippen molar-refractivity contribution in [2.24, 2.45) is 0 Å². The van der Waals surface area contributed by atoms with E-state index in [2.05, 4.69) is 29.1 Å². The van der Waals surface area contributed by atoms with Gasteiger partial charge in [0.15, 0.2) is 5.16 Å². The maximum Gasteiger partial charge on any atom is 0.251 e. The van der Waals surface area contributed by atoms with Crippen LogP contribution in [0.4, 0.5) is 5.69 Å². The molecule has 1 heterocycles. The van der Waals surface area contributed by atoms with Crippen LogP contribution < -0.4 is 10.9 Å². The van der Waals surface area contributed by atoms with E-state index in [1.165, 1.54) is 17.8 Å². The van der Waals surface area contributed by atoms with Crippen LogP contribution in [0.1, 0.15) is 38.4 Å². The normalized spacial score (nSPS) is 12.2. The molecule has 0 radical (unpaired) electrons. The van der Waals surface area contributed by atoms with Crippen molar-refractivity contribution in [3.8, 4) is 0 Å². The number of thioether (sulfide) groups is 2. The zero-order valence-corrected chi connectivity index (χ0v) is 17.2. The van der Waals surface area contributed by atoms with Crippen molar-refractivity contribution >= 4 is 35.1 Å². The Morgan fingerprint density at radius 1 is 1.31 bits per heavy atom. The lowest BCUT2D eigenvalue weighted by Crippen LogP contribution is -2.25. The van der Waals surface area contributed by atoms with Crippen LogP contribution in [0.25, 0.3) is 0 Å².